The van der Waals surface area contributed by atoms with Crippen LogP contribution in [-0.4, -0.2) is 16.5 Å². The number of para-hydroxylation sites is 2. The summed E-state index contributed by atoms with van der Waals surface area (Å²) < 4.78 is 8.46. The summed E-state index contributed by atoms with van der Waals surface area (Å²) in [5, 5.41) is 4.39. The zero-order chi connectivity index (χ0) is 24.8. The van der Waals surface area contributed by atoms with Crippen molar-refractivity contribution in [1.82, 2.24) is 9.88 Å². The van der Waals surface area contributed by atoms with E-state index >= 15 is 0 Å². The second kappa shape index (κ2) is 11.3. The Kier molecular flexibility index (Phi) is 7.91. The van der Waals surface area contributed by atoms with E-state index in [0.717, 1.165) is 36.4 Å². The molecule has 2 atom stereocenters. The van der Waals surface area contributed by atoms with Crippen molar-refractivity contribution >= 4 is 16.8 Å². The van der Waals surface area contributed by atoms with Crippen molar-refractivity contribution in [3.63, 3.8) is 0 Å². The topological polar surface area (TPSA) is 43.3 Å². The molecule has 0 saturated heterocycles. The maximum Gasteiger partial charge on any atom is 0.221 e. The summed E-state index contributed by atoms with van der Waals surface area (Å²) in [6.07, 6.45) is 4.51. The molecule has 4 heteroatoms. The second-order valence-electron chi connectivity index (χ2n) is 9.16. The lowest BCUT2D eigenvalue weighted by Gasteiger charge is -2.20. The van der Waals surface area contributed by atoms with Crippen LogP contribution in [0.1, 0.15) is 63.1 Å². The van der Waals surface area contributed by atoms with E-state index in [-0.39, 0.29) is 17.9 Å². The summed E-state index contributed by atoms with van der Waals surface area (Å²) in [6.45, 7) is 9.40. The molecule has 0 bridgehead atoms. The average Bonchev–Trinajstić information content (AvgIpc) is 3.26. The normalized spacial score (nSPS) is 12.9. The van der Waals surface area contributed by atoms with Crippen LogP contribution >= 0.6 is 0 Å². The van der Waals surface area contributed by atoms with E-state index in [2.05, 4.69) is 74.1 Å². The highest BCUT2D eigenvalue weighted by Crippen LogP contribution is 2.37. The fourth-order valence-electron chi connectivity index (χ4n) is 4.73. The third kappa shape index (κ3) is 5.59. The van der Waals surface area contributed by atoms with Crippen molar-refractivity contribution in [3.8, 4) is 11.5 Å². The predicted molar refractivity (Wildman–Crippen MR) is 144 cm³/mol. The molecule has 4 nitrogen and oxygen atoms in total. The van der Waals surface area contributed by atoms with Gasteiger partial charge in [-0.1, -0.05) is 62.4 Å². The number of hydrogen-bond donors (Lipinski definition) is 1. The van der Waals surface area contributed by atoms with Crippen molar-refractivity contribution < 1.29 is 9.53 Å². The molecule has 1 amide bonds. The lowest BCUT2D eigenvalue weighted by molar-refractivity contribution is -0.121. The molecule has 4 rings (SSSR count). The number of carbonyl (C=O) groups is 1. The van der Waals surface area contributed by atoms with Gasteiger partial charge >= 0.3 is 0 Å². The molecule has 0 aliphatic heterocycles. The third-order valence-electron chi connectivity index (χ3n) is 6.76. The van der Waals surface area contributed by atoms with Crippen molar-refractivity contribution in [2.24, 2.45) is 0 Å². The van der Waals surface area contributed by atoms with Crippen molar-refractivity contribution in [3.05, 3.63) is 95.7 Å². The minimum absolute atomic E-state index is 0.0720. The zero-order valence-corrected chi connectivity index (χ0v) is 21.3. The molecule has 0 aliphatic carbocycles. The van der Waals surface area contributed by atoms with Gasteiger partial charge in [-0.25, -0.2) is 0 Å². The number of amides is 1. The van der Waals surface area contributed by atoms with E-state index in [1.54, 1.807) is 0 Å². The Morgan fingerprint density at radius 1 is 0.943 bits per heavy atom. The molecule has 3 aromatic carbocycles. The van der Waals surface area contributed by atoms with Crippen LogP contribution < -0.4 is 10.1 Å². The molecule has 35 heavy (non-hydrogen) atoms. The molecule has 1 heterocycles. The number of fused-ring (bicyclic) bond motifs is 1. The van der Waals surface area contributed by atoms with Crippen molar-refractivity contribution in [2.45, 2.75) is 65.5 Å². The van der Waals surface area contributed by atoms with E-state index < -0.39 is 0 Å². The summed E-state index contributed by atoms with van der Waals surface area (Å²) >= 11 is 0. The van der Waals surface area contributed by atoms with Gasteiger partial charge in [0.2, 0.25) is 5.91 Å². The molecule has 4 aromatic rings. The first kappa shape index (κ1) is 24.6. The highest BCUT2D eigenvalue weighted by Gasteiger charge is 2.24. The molecular formula is C31H36N2O2. The number of carbonyl (C=O) groups excluding carboxylic acids is 1. The van der Waals surface area contributed by atoms with Gasteiger partial charge in [-0.05, 0) is 67.6 Å². The average molecular weight is 469 g/mol. The minimum atomic E-state index is -0.0826. The Labute approximate surface area is 208 Å². The standard InChI is InChI=1S/C31H36N2O2/c1-5-22(4)32-30(34)20-28(24-14-11-17-26(19-24)35-25-15-9-8-10-16-25)29-21-33(7-3)31-23(6-2)13-12-18-27(29)31/h8-19,21-22,28H,5-7,20H2,1-4H3,(H,32,34). The largest absolute Gasteiger partial charge is 0.457 e. The smallest absolute Gasteiger partial charge is 0.221 e. The Morgan fingerprint density at radius 2 is 1.69 bits per heavy atom. The number of aromatic nitrogens is 1. The molecule has 1 N–H and O–H groups in total. The number of benzene rings is 3. The third-order valence-corrected chi connectivity index (χ3v) is 6.76. The van der Waals surface area contributed by atoms with Gasteiger partial charge in [0, 0.05) is 36.5 Å². The molecule has 2 unspecified atom stereocenters. The van der Waals surface area contributed by atoms with Gasteiger partial charge in [0.25, 0.3) is 0 Å². The zero-order valence-electron chi connectivity index (χ0n) is 21.3. The summed E-state index contributed by atoms with van der Waals surface area (Å²) in [7, 11) is 0. The van der Waals surface area contributed by atoms with Crippen LogP contribution in [-0.2, 0) is 17.8 Å². The van der Waals surface area contributed by atoms with Crippen LogP contribution in [0.25, 0.3) is 10.9 Å². The lowest BCUT2D eigenvalue weighted by Crippen LogP contribution is -2.33. The minimum Gasteiger partial charge on any atom is -0.457 e. The molecule has 182 valence electrons. The molecule has 0 aliphatic rings. The van der Waals surface area contributed by atoms with Gasteiger partial charge in [0.05, 0.1) is 5.52 Å². The van der Waals surface area contributed by atoms with Gasteiger partial charge < -0.3 is 14.6 Å². The molecule has 0 fully saturated rings. The van der Waals surface area contributed by atoms with Crippen LogP contribution in [0.2, 0.25) is 0 Å². The Morgan fingerprint density at radius 3 is 2.40 bits per heavy atom. The predicted octanol–water partition coefficient (Wildman–Crippen LogP) is 7.45. The van der Waals surface area contributed by atoms with Crippen molar-refractivity contribution in [2.75, 3.05) is 0 Å². The van der Waals surface area contributed by atoms with Crippen LogP contribution in [0.4, 0.5) is 0 Å². The van der Waals surface area contributed by atoms with Crippen LogP contribution in [0, 0.1) is 0 Å². The van der Waals surface area contributed by atoms with Crippen LogP contribution in [0.3, 0.4) is 0 Å². The van der Waals surface area contributed by atoms with Crippen LogP contribution in [0.15, 0.2) is 79.0 Å². The van der Waals surface area contributed by atoms with E-state index in [1.807, 2.05) is 42.5 Å². The first-order valence-electron chi connectivity index (χ1n) is 12.8. The van der Waals surface area contributed by atoms with Crippen LogP contribution in [0.5, 0.6) is 11.5 Å². The molecule has 0 radical (unpaired) electrons. The molecule has 1 aromatic heterocycles. The maximum atomic E-state index is 13.1. The fraction of sp³-hybridized carbons (Fsp3) is 0.323. The number of nitrogens with zero attached hydrogens (tertiary/aromatic N) is 1. The summed E-state index contributed by atoms with van der Waals surface area (Å²) in [5.41, 5.74) is 4.87. The van der Waals surface area contributed by atoms with Gasteiger partial charge in [0.1, 0.15) is 11.5 Å². The van der Waals surface area contributed by atoms with Gasteiger partial charge in [-0.15, -0.1) is 0 Å². The first-order valence-corrected chi connectivity index (χ1v) is 12.8. The summed E-state index contributed by atoms with van der Waals surface area (Å²) in [6, 6.07) is 24.7. The monoisotopic (exact) mass is 468 g/mol. The van der Waals surface area contributed by atoms with E-state index in [4.69, 9.17) is 4.74 Å². The SMILES string of the molecule is CCc1cccc2c(C(CC(=O)NC(C)CC)c3cccc(Oc4ccccc4)c3)cn(CC)c12. The highest BCUT2D eigenvalue weighted by molar-refractivity contribution is 5.89. The van der Waals surface area contributed by atoms with Gasteiger partial charge in [-0.3, -0.25) is 4.79 Å². The number of rotatable bonds is 10. The Balaban J connectivity index is 1.79. The summed E-state index contributed by atoms with van der Waals surface area (Å²) in [4.78, 5) is 13.1. The number of hydrogen-bond acceptors (Lipinski definition) is 2. The second-order valence-corrected chi connectivity index (χ2v) is 9.16. The van der Waals surface area contributed by atoms with Gasteiger partial charge in [0.15, 0.2) is 0 Å². The fourth-order valence-corrected chi connectivity index (χ4v) is 4.73. The van der Waals surface area contributed by atoms with Crippen molar-refractivity contribution in [1.29, 1.82) is 0 Å². The molecule has 0 saturated carbocycles. The molecular weight excluding hydrogens is 432 g/mol. The van der Waals surface area contributed by atoms with Gasteiger partial charge in [-0.2, -0.15) is 0 Å². The highest BCUT2D eigenvalue weighted by atomic mass is 16.5. The lowest BCUT2D eigenvalue weighted by atomic mass is 9.87. The number of nitrogens with one attached hydrogen (secondary N) is 1. The Bertz CT molecular complexity index is 1280. The quantitative estimate of drug-likeness (QED) is 0.263. The molecule has 0 spiro atoms. The first-order chi connectivity index (χ1) is 17.0. The Hall–Kier alpha value is -3.53. The maximum absolute atomic E-state index is 13.1. The number of aryl methyl sites for hydroxylation is 2. The summed E-state index contributed by atoms with van der Waals surface area (Å²) in [5.74, 6) is 1.56. The van der Waals surface area contributed by atoms with E-state index in [9.17, 15) is 4.79 Å². The van der Waals surface area contributed by atoms with E-state index in [1.165, 1.54) is 22.0 Å². The van der Waals surface area contributed by atoms with E-state index in [0.29, 0.717) is 6.42 Å². The number of ether oxygens (including phenoxy) is 1.